The fourth-order valence-corrected chi connectivity index (χ4v) is 3.06. The van der Waals surface area contributed by atoms with Crippen molar-refractivity contribution in [2.45, 2.75) is 25.4 Å². The lowest BCUT2D eigenvalue weighted by Gasteiger charge is -2.08. The smallest absolute Gasteiger partial charge is 0.0488 e. The summed E-state index contributed by atoms with van der Waals surface area (Å²) in [5, 5.41) is 0. The lowest BCUT2D eigenvalue weighted by Crippen LogP contribution is -2.04. The highest BCUT2D eigenvalue weighted by molar-refractivity contribution is 7.84. The van der Waals surface area contributed by atoms with Gasteiger partial charge in [-0.05, 0) is 11.1 Å². The molecule has 0 amide bonds. The van der Waals surface area contributed by atoms with E-state index >= 15 is 0 Å². The van der Waals surface area contributed by atoms with E-state index in [0.717, 1.165) is 11.1 Å². The second kappa shape index (κ2) is 6.97. The summed E-state index contributed by atoms with van der Waals surface area (Å²) in [5.74, 6) is 2.50. The van der Waals surface area contributed by atoms with Crippen LogP contribution in [0.25, 0.3) is 0 Å². The average molecular weight is 258 g/mol. The van der Waals surface area contributed by atoms with Crippen molar-refractivity contribution in [3.05, 3.63) is 35.4 Å². The minimum Gasteiger partial charge on any atom is -0.259 e. The van der Waals surface area contributed by atoms with Gasteiger partial charge in [0.05, 0.1) is 0 Å². The predicted molar refractivity (Wildman–Crippen MR) is 71.2 cm³/mol. The van der Waals surface area contributed by atoms with Gasteiger partial charge in [0.1, 0.15) is 0 Å². The zero-order valence-electron chi connectivity index (χ0n) is 9.77. The van der Waals surface area contributed by atoms with Gasteiger partial charge in [-0.2, -0.15) is 0 Å². The molecule has 0 bridgehead atoms. The molecule has 0 aliphatic rings. The van der Waals surface area contributed by atoms with Crippen LogP contribution in [0.4, 0.5) is 0 Å². The molecule has 1 aromatic carbocycles. The minimum atomic E-state index is -0.804. The summed E-state index contributed by atoms with van der Waals surface area (Å²) in [6, 6.07) is 7.85. The largest absolute Gasteiger partial charge is 0.259 e. The van der Waals surface area contributed by atoms with Crippen molar-refractivity contribution in [3.63, 3.8) is 0 Å². The number of hydrogen-bond donors (Lipinski definition) is 0. The Morgan fingerprint density at radius 1 is 0.875 bits per heavy atom. The minimum absolute atomic E-state index is 0.577. The molecule has 0 heterocycles. The van der Waals surface area contributed by atoms with Crippen LogP contribution in [-0.4, -0.2) is 19.9 Å². The van der Waals surface area contributed by atoms with Crippen molar-refractivity contribution in [2.24, 2.45) is 0 Å². The summed E-state index contributed by atoms with van der Waals surface area (Å²) in [7, 11) is -1.61. The Labute approximate surface area is 102 Å². The van der Waals surface area contributed by atoms with Crippen molar-refractivity contribution in [2.75, 3.05) is 11.5 Å². The van der Waals surface area contributed by atoms with Gasteiger partial charge in [0, 0.05) is 44.6 Å². The molecule has 1 rings (SSSR count). The van der Waals surface area contributed by atoms with Crippen LogP contribution in [0.5, 0.6) is 0 Å². The van der Waals surface area contributed by atoms with Crippen LogP contribution in [0, 0.1) is 0 Å². The van der Waals surface area contributed by atoms with E-state index in [0.29, 0.717) is 23.0 Å². The maximum atomic E-state index is 11.5. The predicted octanol–water partition coefficient (Wildman–Crippen LogP) is 2.22. The van der Waals surface area contributed by atoms with Crippen LogP contribution in [0.2, 0.25) is 0 Å². The Kier molecular flexibility index (Phi) is 5.91. The zero-order valence-corrected chi connectivity index (χ0v) is 11.4. The molecule has 1 aromatic rings. The lowest BCUT2D eigenvalue weighted by molar-refractivity contribution is 0.681. The van der Waals surface area contributed by atoms with Crippen LogP contribution in [-0.2, 0) is 33.1 Å². The molecule has 0 aromatic heterocycles. The average Bonchev–Trinajstić information content (AvgIpc) is 2.31. The van der Waals surface area contributed by atoms with E-state index < -0.39 is 21.6 Å². The van der Waals surface area contributed by atoms with Crippen molar-refractivity contribution in [1.29, 1.82) is 0 Å². The maximum absolute atomic E-state index is 11.5. The van der Waals surface area contributed by atoms with Crippen molar-refractivity contribution < 1.29 is 8.42 Å². The molecule has 0 spiro atoms. The van der Waals surface area contributed by atoms with E-state index in [1.807, 2.05) is 38.1 Å². The Hall–Kier alpha value is -0.480. The van der Waals surface area contributed by atoms with Gasteiger partial charge >= 0.3 is 0 Å². The molecule has 0 fully saturated rings. The molecule has 0 N–H and O–H groups in total. The number of benzene rings is 1. The first kappa shape index (κ1) is 13.6. The van der Waals surface area contributed by atoms with Crippen molar-refractivity contribution in [1.82, 2.24) is 0 Å². The molecule has 0 aliphatic heterocycles. The van der Waals surface area contributed by atoms with Crippen LogP contribution in [0.15, 0.2) is 24.3 Å². The molecular formula is C12H18O2S2. The molecule has 0 aliphatic carbocycles. The third-order valence-electron chi connectivity index (χ3n) is 2.40. The van der Waals surface area contributed by atoms with Crippen LogP contribution in [0.1, 0.15) is 25.0 Å². The van der Waals surface area contributed by atoms with E-state index in [9.17, 15) is 8.42 Å². The molecule has 2 unspecified atom stereocenters. The first-order valence-electron chi connectivity index (χ1n) is 5.44. The van der Waals surface area contributed by atoms with Gasteiger partial charge in [0.25, 0.3) is 0 Å². The van der Waals surface area contributed by atoms with Gasteiger partial charge in [0.2, 0.25) is 0 Å². The lowest BCUT2D eigenvalue weighted by atomic mass is 10.1. The van der Waals surface area contributed by atoms with Gasteiger partial charge in [0.15, 0.2) is 0 Å². The van der Waals surface area contributed by atoms with Crippen LogP contribution < -0.4 is 0 Å². The highest BCUT2D eigenvalue weighted by Gasteiger charge is 2.07. The van der Waals surface area contributed by atoms with Gasteiger partial charge < -0.3 is 0 Å². The Morgan fingerprint density at radius 2 is 1.25 bits per heavy atom. The molecule has 0 saturated carbocycles. The van der Waals surface area contributed by atoms with Crippen molar-refractivity contribution in [3.8, 4) is 0 Å². The first-order valence-corrected chi connectivity index (χ1v) is 8.41. The quantitative estimate of drug-likeness (QED) is 0.784. The summed E-state index contributed by atoms with van der Waals surface area (Å²) < 4.78 is 23.0. The molecule has 2 atom stereocenters. The standard InChI is InChI=1S/C12H18O2S2/c1-3-15(13)9-11-7-5-6-8-12(11)10-16(14)4-2/h5-8H,3-4,9-10H2,1-2H3. The molecular weight excluding hydrogens is 240 g/mol. The molecule has 90 valence electrons. The molecule has 0 radical (unpaired) electrons. The fraction of sp³-hybridized carbons (Fsp3) is 0.500. The molecule has 4 heteroatoms. The summed E-state index contributed by atoms with van der Waals surface area (Å²) >= 11 is 0. The van der Waals surface area contributed by atoms with Gasteiger partial charge in [-0.3, -0.25) is 8.42 Å². The molecule has 16 heavy (non-hydrogen) atoms. The molecule has 0 saturated heterocycles. The maximum Gasteiger partial charge on any atom is 0.0488 e. The number of rotatable bonds is 6. The summed E-state index contributed by atoms with van der Waals surface area (Å²) in [6.07, 6.45) is 0. The monoisotopic (exact) mass is 258 g/mol. The highest BCUT2D eigenvalue weighted by atomic mass is 32.2. The topological polar surface area (TPSA) is 34.1 Å². The van der Waals surface area contributed by atoms with E-state index in [1.54, 1.807) is 0 Å². The fourth-order valence-electron chi connectivity index (χ4n) is 1.39. The molecule has 2 nitrogen and oxygen atoms in total. The van der Waals surface area contributed by atoms with Gasteiger partial charge in [-0.15, -0.1) is 0 Å². The van der Waals surface area contributed by atoms with E-state index in [2.05, 4.69) is 0 Å². The van der Waals surface area contributed by atoms with Crippen molar-refractivity contribution >= 4 is 21.6 Å². The van der Waals surface area contributed by atoms with Gasteiger partial charge in [-0.1, -0.05) is 38.1 Å². The summed E-state index contributed by atoms with van der Waals surface area (Å²) in [6.45, 7) is 3.84. The van der Waals surface area contributed by atoms with E-state index in [4.69, 9.17) is 0 Å². The van der Waals surface area contributed by atoms with E-state index in [-0.39, 0.29) is 0 Å². The normalized spacial score (nSPS) is 14.6. The zero-order chi connectivity index (χ0) is 12.0. The Balaban J connectivity index is 2.83. The third kappa shape index (κ3) is 4.18. The third-order valence-corrected chi connectivity index (χ3v) is 4.95. The summed E-state index contributed by atoms with van der Waals surface area (Å²) in [5.41, 5.74) is 2.15. The number of hydrogen-bond acceptors (Lipinski definition) is 2. The van der Waals surface area contributed by atoms with Crippen LogP contribution in [0.3, 0.4) is 0 Å². The first-order chi connectivity index (χ1) is 7.67. The SMILES string of the molecule is CCS(=O)Cc1ccccc1CS(=O)CC. The van der Waals surface area contributed by atoms with E-state index in [1.165, 1.54) is 0 Å². The Bertz CT molecular complexity index is 351. The van der Waals surface area contributed by atoms with Crippen LogP contribution >= 0.6 is 0 Å². The van der Waals surface area contributed by atoms with Gasteiger partial charge in [-0.25, -0.2) is 0 Å². The second-order valence-electron chi connectivity index (χ2n) is 3.51. The Morgan fingerprint density at radius 3 is 1.56 bits per heavy atom. The second-order valence-corrected chi connectivity index (χ2v) is 7.01. The highest BCUT2D eigenvalue weighted by Crippen LogP contribution is 2.13. The summed E-state index contributed by atoms with van der Waals surface area (Å²) in [4.78, 5) is 0.